The number of allylic oxidation sites excluding steroid dienone is 3. The summed E-state index contributed by atoms with van der Waals surface area (Å²) in [6.07, 6.45) is 9.29. The van der Waals surface area contributed by atoms with Crippen LogP contribution in [-0.4, -0.2) is 0 Å². The summed E-state index contributed by atoms with van der Waals surface area (Å²) in [7, 11) is 0. The van der Waals surface area contributed by atoms with Crippen molar-refractivity contribution in [3.63, 3.8) is 0 Å². The highest BCUT2D eigenvalue weighted by Crippen LogP contribution is 2.45. The van der Waals surface area contributed by atoms with E-state index in [0.717, 1.165) is 0 Å². The molecule has 24 heavy (non-hydrogen) atoms. The molecule has 3 aromatic carbocycles. The lowest BCUT2D eigenvalue weighted by molar-refractivity contribution is 1.03. The molecule has 0 radical (unpaired) electrons. The minimum atomic E-state index is 0.360. The molecule has 1 unspecified atom stereocenters. The van der Waals surface area contributed by atoms with E-state index in [0.29, 0.717) is 11.8 Å². The quantitative estimate of drug-likeness (QED) is 0.497. The summed E-state index contributed by atoms with van der Waals surface area (Å²) >= 11 is 0. The van der Waals surface area contributed by atoms with Gasteiger partial charge in [-0.1, -0.05) is 97.1 Å². The van der Waals surface area contributed by atoms with Crippen LogP contribution in [0.5, 0.6) is 0 Å². The van der Waals surface area contributed by atoms with Crippen molar-refractivity contribution in [3.05, 3.63) is 113 Å². The van der Waals surface area contributed by atoms with E-state index < -0.39 is 0 Å². The molecule has 114 valence electrons. The van der Waals surface area contributed by atoms with Gasteiger partial charge in [0.25, 0.3) is 0 Å². The fourth-order valence-corrected chi connectivity index (χ4v) is 4.08. The van der Waals surface area contributed by atoms with E-state index in [1.165, 1.54) is 33.4 Å². The predicted molar refractivity (Wildman–Crippen MR) is 101 cm³/mol. The van der Waals surface area contributed by atoms with Crippen LogP contribution in [0.25, 0.3) is 17.2 Å². The number of rotatable bonds is 2. The summed E-state index contributed by atoms with van der Waals surface area (Å²) in [5.74, 6) is 0.750. The Kier molecular flexibility index (Phi) is 3.02. The Hall–Kier alpha value is -2.86. The molecule has 2 aliphatic carbocycles. The fraction of sp³-hybridized carbons (Fsp3) is 0.0833. The third-order valence-electron chi connectivity index (χ3n) is 5.23. The molecule has 0 N–H and O–H groups in total. The summed E-state index contributed by atoms with van der Waals surface area (Å²) in [6, 6.07) is 26.3. The van der Waals surface area contributed by atoms with Crippen LogP contribution in [0.1, 0.15) is 34.1 Å². The number of fused-ring (bicyclic) bond motifs is 4. The Balaban J connectivity index is 1.55. The van der Waals surface area contributed by atoms with Crippen molar-refractivity contribution in [1.82, 2.24) is 0 Å². The maximum Gasteiger partial charge on any atom is 0.0282 e. The molecule has 0 heterocycles. The molecule has 0 aromatic heterocycles. The third-order valence-corrected chi connectivity index (χ3v) is 5.23. The van der Waals surface area contributed by atoms with Crippen LogP contribution in [0.4, 0.5) is 0 Å². The number of benzene rings is 3. The molecule has 2 aliphatic rings. The van der Waals surface area contributed by atoms with Crippen LogP contribution in [0.2, 0.25) is 0 Å². The summed E-state index contributed by atoms with van der Waals surface area (Å²) in [5, 5.41) is 0. The van der Waals surface area contributed by atoms with Gasteiger partial charge in [0, 0.05) is 11.8 Å². The van der Waals surface area contributed by atoms with Crippen LogP contribution in [0, 0.1) is 0 Å². The lowest BCUT2D eigenvalue weighted by Crippen LogP contribution is -1.94. The highest BCUT2D eigenvalue weighted by atomic mass is 14.3. The van der Waals surface area contributed by atoms with E-state index in [1.807, 2.05) is 0 Å². The van der Waals surface area contributed by atoms with Gasteiger partial charge in [-0.15, -0.1) is 0 Å². The molecule has 5 rings (SSSR count). The first-order valence-corrected chi connectivity index (χ1v) is 8.55. The van der Waals surface area contributed by atoms with Crippen molar-refractivity contribution < 1.29 is 0 Å². The summed E-state index contributed by atoms with van der Waals surface area (Å²) in [4.78, 5) is 0. The van der Waals surface area contributed by atoms with Crippen molar-refractivity contribution in [1.29, 1.82) is 0 Å². The SMILES string of the molecule is C1=CC(/C=C/C2c3ccccc3-c3ccccc32)c2ccccc21. The standard InChI is InChI=1S/C24H18/c1-2-8-19-17(7-1)13-14-18(19)15-16-24-22-11-5-3-9-20(22)21-10-4-6-12-23(21)24/h1-16,18,24H/b16-15+. The largest absolute Gasteiger partial charge is 0.0763 e. The zero-order valence-corrected chi connectivity index (χ0v) is 13.4. The normalized spacial score (nSPS) is 17.9. The average molecular weight is 306 g/mol. The van der Waals surface area contributed by atoms with E-state index in [-0.39, 0.29) is 0 Å². The van der Waals surface area contributed by atoms with Crippen LogP contribution in [0.3, 0.4) is 0 Å². The van der Waals surface area contributed by atoms with E-state index in [4.69, 9.17) is 0 Å². The van der Waals surface area contributed by atoms with Crippen LogP contribution in [-0.2, 0) is 0 Å². The Morgan fingerprint density at radius 3 is 1.88 bits per heavy atom. The molecule has 0 saturated carbocycles. The van der Waals surface area contributed by atoms with Crippen molar-refractivity contribution in [3.8, 4) is 11.1 Å². The second-order valence-electron chi connectivity index (χ2n) is 6.55. The molecule has 0 saturated heterocycles. The van der Waals surface area contributed by atoms with Gasteiger partial charge in [-0.3, -0.25) is 0 Å². The molecular weight excluding hydrogens is 288 g/mol. The van der Waals surface area contributed by atoms with Crippen LogP contribution in [0.15, 0.2) is 91.0 Å². The molecule has 0 fully saturated rings. The minimum absolute atomic E-state index is 0.360. The second kappa shape index (κ2) is 5.35. The number of hydrogen-bond donors (Lipinski definition) is 0. The van der Waals surface area contributed by atoms with Crippen molar-refractivity contribution in [2.45, 2.75) is 11.8 Å². The van der Waals surface area contributed by atoms with Crippen LogP contribution >= 0.6 is 0 Å². The zero-order valence-electron chi connectivity index (χ0n) is 13.4. The number of hydrogen-bond acceptors (Lipinski definition) is 0. The van der Waals surface area contributed by atoms with E-state index >= 15 is 0 Å². The molecule has 0 nitrogen and oxygen atoms in total. The van der Waals surface area contributed by atoms with E-state index in [2.05, 4.69) is 97.1 Å². The molecule has 0 heteroatoms. The molecule has 0 spiro atoms. The lowest BCUT2D eigenvalue weighted by Gasteiger charge is -2.10. The molecule has 3 aromatic rings. The summed E-state index contributed by atoms with van der Waals surface area (Å²) < 4.78 is 0. The molecule has 0 aliphatic heterocycles. The monoisotopic (exact) mass is 306 g/mol. The van der Waals surface area contributed by atoms with Gasteiger partial charge < -0.3 is 0 Å². The first kappa shape index (κ1) is 13.6. The van der Waals surface area contributed by atoms with Gasteiger partial charge >= 0.3 is 0 Å². The summed E-state index contributed by atoms with van der Waals surface area (Å²) in [6.45, 7) is 0. The Morgan fingerprint density at radius 1 is 0.583 bits per heavy atom. The van der Waals surface area contributed by atoms with Crippen LogP contribution < -0.4 is 0 Å². The predicted octanol–water partition coefficient (Wildman–Crippen LogP) is 6.17. The molecule has 0 amide bonds. The maximum atomic E-state index is 2.39. The van der Waals surface area contributed by atoms with Crippen molar-refractivity contribution in [2.75, 3.05) is 0 Å². The molecule has 0 bridgehead atoms. The van der Waals surface area contributed by atoms with Crippen molar-refractivity contribution in [2.24, 2.45) is 0 Å². The van der Waals surface area contributed by atoms with Gasteiger partial charge in [-0.2, -0.15) is 0 Å². The van der Waals surface area contributed by atoms with E-state index in [9.17, 15) is 0 Å². The molecule has 1 atom stereocenters. The minimum Gasteiger partial charge on any atom is -0.0763 e. The van der Waals surface area contributed by atoms with Gasteiger partial charge in [-0.25, -0.2) is 0 Å². The fourth-order valence-electron chi connectivity index (χ4n) is 4.08. The van der Waals surface area contributed by atoms with E-state index in [1.54, 1.807) is 0 Å². The third kappa shape index (κ3) is 2.00. The molecular formula is C24H18. The smallest absolute Gasteiger partial charge is 0.0282 e. The highest BCUT2D eigenvalue weighted by molar-refractivity contribution is 5.79. The van der Waals surface area contributed by atoms with Gasteiger partial charge in [0.05, 0.1) is 0 Å². The maximum absolute atomic E-state index is 2.39. The van der Waals surface area contributed by atoms with Crippen molar-refractivity contribution >= 4 is 6.08 Å². The zero-order chi connectivity index (χ0) is 15.9. The lowest BCUT2D eigenvalue weighted by atomic mass is 9.93. The average Bonchev–Trinajstić information content (AvgIpc) is 3.19. The Morgan fingerprint density at radius 2 is 1.17 bits per heavy atom. The first-order valence-electron chi connectivity index (χ1n) is 8.55. The van der Waals surface area contributed by atoms with Gasteiger partial charge in [-0.05, 0) is 33.4 Å². The Bertz CT molecular complexity index is 929. The van der Waals surface area contributed by atoms with Gasteiger partial charge in [0.15, 0.2) is 0 Å². The second-order valence-corrected chi connectivity index (χ2v) is 6.55. The first-order chi connectivity index (χ1) is 11.9. The topological polar surface area (TPSA) is 0 Å². The highest BCUT2D eigenvalue weighted by Gasteiger charge is 2.26. The van der Waals surface area contributed by atoms with Gasteiger partial charge in [0.1, 0.15) is 0 Å². The summed E-state index contributed by atoms with van der Waals surface area (Å²) in [5.41, 5.74) is 8.36. The van der Waals surface area contributed by atoms with Gasteiger partial charge in [0.2, 0.25) is 0 Å². The Labute approximate surface area is 142 Å².